The predicted molar refractivity (Wildman–Crippen MR) is 112 cm³/mol. The number of anilines is 2. The number of carboxylic acid groups (broad SMARTS) is 1. The van der Waals surface area contributed by atoms with Crippen LogP contribution >= 0.6 is 11.6 Å². The Morgan fingerprint density at radius 3 is 2.67 bits per heavy atom. The van der Waals surface area contributed by atoms with Crippen molar-refractivity contribution in [1.29, 1.82) is 0 Å². The van der Waals surface area contributed by atoms with Gasteiger partial charge in [-0.25, -0.2) is 9.48 Å². The molecule has 8 nitrogen and oxygen atoms in total. The number of fused-ring (bicyclic) bond motifs is 1. The van der Waals surface area contributed by atoms with E-state index >= 15 is 0 Å². The molecule has 1 atom stereocenters. The molecule has 0 fully saturated rings. The molecular weight excluding hydrogens is 408 g/mol. The van der Waals surface area contributed by atoms with Crippen LogP contribution in [-0.4, -0.2) is 33.9 Å². The van der Waals surface area contributed by atoms with Crippen molar-refractivity contribution >= 4 is 35.0 Å². The van der Waals surface area contributed by atoms with Crippen molar-refractivity contribution in [2.24, 2.45) is 0 Å². The van der Waals surface area contributed by atoms with Crippen LogP contribution in [0.3, 0.4) is 0 Å². The molecular formula is C21H17ClN4O4. The van der Waals surface area contributed by atoms with Crippen LogP contribution in [0.4, 0.5) is 11.5 Å². The molecule has 0 spiro atoms. The minimum absolute atomic E-state index is 0.0701. The molecule has 0 saturated heterocycles. The summed E-state index contributed by atoms with van der Waals surface area (Å²) in [5.74, 6) is -0.861. The molecule has 0 unspecified atom stereocenters. The van der Waals surface area contributed by atoms with Gasteiger partial charge in [0.15, 0.2) is 0 Å². The number of aromatic nitrogens is 2. The number of amides is 1. The highest BCUT2D eigenvalue weighted by Crippen LogP contribution is 2.35. The first-order valence-electron chi connectivity index (χ1n) is 8.98. The molecule has 2 aromatic carbocycles. The maximum Gasteiger partial charge on any atom is 0.352 e. The fraction of sp³-hybridized carbons (Fsp3) is 0.0952. The molecule has 0 radical (unpaired) electrons. The van der Waals surface area contributed by atoms with E-state index in [1.165, 1.54) is 24.1 Å². The number of carbonyl (C=O) groups excluding carboxylic acids is 1. The average Bonchev–Trinajstić information content (AvgIpc) is 3.18. The number of carbonyl (C=O) groups is 2. The summed E-state index contributed by atoms with van der Waals surface area (Å²) in [6.07, 6.45) is 2.89. The number of hydrogen-bond acceptors (Lipinski definition) is 5. The quantitative estimate of drug-likeness (QED) is 0.575. The number of hydrogen-bond donors (Lipinski definition) is 3. The first-order valence-corrected chi connectivity index (χ1v) is 9.36. The van der Waals surface area contributed by atoms with E-state index < -0.39 is 17.9 Å². The van der Waals surface area contributed by atoms with E-state index in [1.807, 2.05) is 0 Å². The second-order valence-electron chi connectivity index (χ2n) is 6.48. The van der Waals surface area contributed by atoms with Gasteiger partial charge < -0.3 is 20.5 Å². The monoisotopic (exact) mass is 424 g/mol. The van der Waals surface area contributed by atoms with Gasteiger partial charge in [-0.2, -0.15) is 5.10 Å². The lowest BCUT2D eigenvalue weighted by Gasteiger charge is -2.25. The summed E-state index contributed by atoms with van der Waals surface area (Å²) in [5, 5.41) is 19.9. The number of nitrogens with one attached hydrogen (secondary N) is 2. The van der Waals surface area contributed by atoms with E-state index in [0.717, 1.165) is 0 Å². The Balaban J connectivity index is 1.74. The Hall–Kier alpha value is -3.78. The van der Waals surface area contributed by atoms with E-state index in [0.29, 0.717) is 22.0 Å². The number of methoxy groups -OCH3 is 1. The predicted octanol–water partition coefficient (Wildman–Crippen LogP) is 3.78. The van der Waals surface area contributed by atoms with Crippen LogP contribution in [0.25, 0.3) is 0 Å². The molecule has 2 heterocycles. The second kappa shape index (κ2) is 7.92. The van der Waals surface area contributed by atoms with E-state index in [-0.39, 0.29) is 17.1 Å². The van der Waals surface area contributed by atoms with Crippen molar-refractivity contribution in [1.82, 2.24) is 9.78 Å². The first-order chi connectivity index (χ1) is 14.5. The lowest BCUT2D eigenvalue weighted by atomic mass is 10.0. The summed E-state index contributed by atoms with van der Waals surface area (Å²) in [4.78, 5) is 24.6. The molecule has 0 saturated carbocycles. The van der Waals surface area contributed by atoms with Gasteiger partial charge in [-0.05, 0) is 29.8 Å². The summed E-state index contributed by atoms with van der Waals surface area (Å²) in [7, 11) is 1.51. The molecule has 1 amide bonds. The minimum atomic E-state index is -1.16. The first kappa shape index (κ1) is 19.5. The third-order valence-electron chi connectivity index (χ3n) is 4.69. The lowest BCUT2D eigenvalue weighted by Crippen LogP contribution is -2.25. The van der Waals surface area contributed by atoms with Gasteiger partial charge in [0.05, 0.1) is 19.0 Å². The number of aliphatic carboxylic acids is 1. The molecule has 3 aromatic rings. The third kappa shape index (κ3) is 3.48. The van der Waals surface area contributed by atoms with Gasteiger partial charge >= 0.3 is 5.97 Å². The summed E-state index contributed by atoms with van der Waals surface area (Å²) in [6.45, 7) is 0. The summed E-state index contributed by atoms with van der Waals surface area (Å²) < 4.78 is 6.79. The highest BCUT2D eigenvalue weighted by Gasteiger charge is 2.30. The number of carboxylic acids is 1. The summed E-state index contributed by atoms with van der Waals surface area (Å²) in [5.41, 5.74) is 1.27. The van der Waals surface area contributed by atoms with Crippen molar-refractivity contribution < 1.29 is 19.4 Å². The molecule has 1 aromatic heterocycles. The standard InChI is InChI=1S/C21H17ClN4O4/c1-30-18-9-5-4-8-15(18)25-20(27)13-11-23-26-17(12-6-2-3-7-14(12)22)10-16(21(28)29)24-19(13)26/h2-11,17,24H,1H3,(H,25,27)(H,28,29)/t17-/m0/s1. The van der Waals surface area contributed by atoms with Crippen LogP contribution in [0.15, 0.2) is 66.5 Å². The number of rotatable bonds is 5. The normalized spacial score (nSPS) is 14.9. The smallest absolute Gasteiger partial charge is 0.352 e. The Bertz CT molecular complexity index is 1170. The zero-order valence-electron chi connectivity index (χ0n) is 15.8. The van der Waals surface area contributed by atoms with Gasteiger partial charge in [-0.1, -0.05) is 41.9 Å². The van der Waals surface area contributed by atoms with Gasteiger partial charge in [-0.3, -0.25) is 4.79 Å². The van der Waals surface area contributed by atoms with Crippen LogP contribution < -0.4 is 15.4 Å². The number of halogens is 1. The van der Waals surface area contributed by atoms with Gasteiger partial charge in [0, 0.05) is 5.02 Å². The Labute approximate surface area is 176 Å². The van der Waals surface area contributed by atoms with Gasteiger partial charge in [0.1, 0.15) is 28.9 Å². The third-order valence-corrected chi connectivity index (χ3v) is 5.03. The van der Waals surface area contributed by atoms with Crippen LogP contribution in [-0.2, 0) is 4.79 Å². The largest absolute Gasteiger partial charge is 0.495 e. The molecule has 0 aliphatic carbocycles. The Kier molecular flexibility index (Phi) is 5.16. The van der Waals surface area contributed by atoms with Gasteiger partial charge in [0.25, 0.3) is 5.91 Å². The SMILES string of the molecule is COc1ccccc1NC(=O)c1cnn2c1NC(C(=O)O)=C[C@H]2c1ccccc1Cl. The number of para-hydroxylation sites is 2. The molecule has 4 rings (SSSR count). The number of allylic oxidation sites excluding steroid dienone is 1. The van der Waals surface area contributed by atoms with Crippen LogP contribution in [0, 0.1) is 0 Å². The van der Waals surface area contributed by atoms with Gasteiger partial charge in [0.2, 0.25) is 0 Å². The topological polar surface area (TPSA) is 105 Å². The zero-order valence-corrected chi connectivity index (χ0v) is 16.6. The number of benzene rings is 2. The Morgan fingerprint density at radius 2 is 1.93 bits per heavy atom. The van der Waals surface area contributed by atoms with Crippen LogP contribution in [0.2, 0.25) is 5.02 Å². The highest BCUT2D eigenvalue weighted by atomic mass is 35.5. The maximum absolute atomic E-state index is 12.9. The van der Waals surface area contributed by atoms with E-state index in [1.54, 1.807) is 48.5 Å². The van der Waals surface area contributed by atoms with Crippen molar-refractivity contribution in [2.45, 2.75) is 6.04 Å². The van der Waals surface area contributed by atoms with E-state index in [9.17, 15) is 14.7 Å². The van der Waals surface area contributed by atoms with E-state index in [2.05, 4.69) is 15.7 Å². The maximum atomic E-state index is 12.9. The van der Waals surface area contributed by atoms with Crippen LogP contribution in [0.1, 0.15) is 22.0 Å². The Morgan fingerprint density at radius 1 is 1.20 bits per heavy atom. The zero-order chi connectivity index (χ0) is 21.3. The molecule has 30 heavy (non-hydrogen) atoms. The summed E-state index contributed by atoms with van der Waals surface area (Å²) in [6, 6.07) is 13.5. The fourth-order valence-corrected chi connectivity index (χ4v) is 3.51. The molecule has 1 aliphatic heterocycles. The van der Waals surface area contributed by atoms with Crippen molar-refractivity contribution in [3.8, 4) is 5.75 Å². The minimum Gasteiger partial charge on any atom is -0.495 e. The molecule has 1 aliphatic rings. The molecule has 0 bridgehead atoms. The fourth-order valence-electron chi connectivity index (χ4n) is 3.26. The van der Waals surface area contributed by atoms with Gasteiger partial charge in [-0.15, -0.1) is 0 Å². The second-order valence-corrected chi connectivity index (χ2v) is 6.89. The van der Waals surface area contributed by atoms with Crippen LogP contribution in [0.5, 0.6) is 5.75 Å². The highest BCUT2D eigenvalue weighted by molar-refractivity contribution is 6.31. The van der Waals surface area contributed by atoms with Crippen molar-refractivity contribution in [3.05, 3.63) is 82.7 Å². The molecule has 3 N–H and O–H groups in total. The number of ether oxygens (including phenoxy) is 1. The van der Waals surface area contributed by atoms with E-state index in [4.69, 9.17) is 16.3 Å². The molecule has 9 heteroatoms. The molecule has 152 valence electrons. The van der Waals surface area contributed by atoms with Crippen molar-refractivity contribution in [3.63, 3.8) is 0 Å². The summed E-state index contributed by atoms with van der Waals surface area (Å²) >= 11 is 6.33. The lowest BCUT2D eigenvalue weighted by molar-refractivity contribution is -0.132. The number of nitrogens with zero attached hydrogens (tertiary/aromatic N) is 2. The average molecular weight is 425 g/mol. The van der Waals surface area contributed by atoms with Crippen molar-refractivity contribution in [2.75, 3.05) is 17.7 Å².